The number of amides is 2. The molecule has 3 rings (SSSR count). The van der Waals surface area contributed by atoms with Crippen LogP contribution in [0.3, 0.4) is 0 Å². The third-order valence-electron chi connectivity index (χ3n) is 5.60. The van der Waals surface area contributed by atoms with Gasteiger partial charge in [-0.25, -0.2) is 4.68 Å². The molecule has 2 aromatic carbocycles. The Bertz CT molecular complexity index is 1200. The molecule has 0 unspecified atom stereocenters. The summed E-state index contributed by atoms with van der Waals surface area (Å²) < 4.78 is 7.82. The van der Waals surface area contributed by atoms with Crippen LogP contribution in [0.4, 0.5) is 5.82 Å². The number of nitrogens with one attached hydrogen (secondary N) is 1. The number of carbonyl (C=O) groups is 2. The zero-order valence-electron chi connectivity index (χ0n) is 21.2. The van der Waals surface area contributed by atoms with E-state index >= 15 is 0 Å². The number of carbonyl (C=O) groups excluding carboxylic acids is 2. The monoisotopic (exact) mass is 540 g/mol. The van der Waals surface area contributed by atoms with Crippen molar-refractivity contribution in [2.45, 2.75) is 40.0 Å². The first-order chi connectivity index (χ1) is 16.5. The predicted molar refractivity (Wildman–Crippen MR) is 142 cm³/mol. The van der Waals surface area contributed by atoms with Gasteiger partial charge in [-0.3, -0.25) is 9.59 Å². The summed E-state index contributed by atoms with van der Waals surface area (Å²) in [5.41, 5.74) is 4.26. The van der Waals surface area contributed by atoms with Gasteiger partial charge in [-0.2, -0.15) is 5.10 Å². The molecule has 2 amide bonds. The maximum absolute atomic E-state index is 13.2. The molecule has 8 heteroatoms. The van der Waals surface area contributed by atoms with Crippen LogP contribution in [-0.4, -0.2) is 53.3 Å². The van der Waals surface area contributed by atoms with Crippen molar-refractivity contribution in [3.05, 3.63) is 75.4 Å². The largest absolute Gasteiger partial charge is 0.383 e. The molecule has 186 valence electrons. The number of rotatable bonds is 8. The molecule has 7 nitrogen and oxygen atoms in total. The zero-order valence-corrected chi connectivity index (χ0v) is 22.8. The molecule has 0 aliphatic heterocycles. The lowest BCUT2D eigenvalue weighted by Crippen LogP contribution is -2.40. The van der Waals surface area contributed by atoms with E-state index in [0.29, 0.717) is 24.5 Å². The first-order valence-electron chi connectivity index (χ1n) is 11.5. The van der Waals surface area contributed by atoms with E-state index in [1.54, 1.807) is 36.1 Å². The Labute approximate surface area is 215 Å². The van der Waals surface area contributed by atoms with E-state index in [4.69, 9.17) is 9.84 Å². The minimum Gasteiger partial charge on any atom is -0.383 e. The second-order valence-electron chi connectivity index (χ2n) is 9.64. The molecule has 0 bridgehead atoms. The Balaban J connectivity index is 1.88. The van der Waals surface area contributed by atoms with Crippen molar-refractivity contribution in [1.82, 2.24) is 14.7 Å². The van der Waals surface area contributed by atoms with E-state index < -0.39 is 0 Å². The smallest absolute Gasteiger partial charge is 0.254 e. The summed E-state index contributed by atoms with van der Waals surface area (Å²) in [5.74, 6) is 0.0237. The van der Waals surface area contributed by atoms with Gasteiger partial charge >= 0.3 is 0 Å². The third-order valence-corrected chi connectivity index (χ3v) is 6.13. The highest BCUT2D eigenvalue weighted by Gasteiger charge is 2.24. The van der Waals surface area contributed by atoms with Gasteiger partial charge in [0.15, 0.2) is 0 Å². The summed E-state index contributed by atoms with van der Waals surface area (Å²) in [5, 5.41) is 7.80. The number of aromatic nitrogens is 2. The quantitative estimate of drug-likeness (QED) is 0.421. The van der Waals surface area contributed by atoms with E-state index in [1.807, 2.05) is 32.0 Å². The Morgan fingerprint density at radius 2 is 1.77 bits per heavy atom. The fourth-order valence-corrected chi connectivity index (χ4v) is 3.91. The normalized spacial score (nSPS) is 11.4. The van der Waals surface area contributed by atoms with Crippen molar-refractivity contribution in [2.24, 2.45) is 0 Å². The Kier molecular flexibility index (Phi) is 8.51. The molecular formula is C27H33BrN4O3. The molecule has 0 radical (unpaired) electrons. The van der Waals surface area contributed by atoms with Gasteiger partial charge in [-0.05, 0) is 49.7 Å². The van der Waals surface area contributed by atoms with Gasteiger partial charge in [0, 0.05) is 35.2 Å². The van der Waals surface area contributed by atoms with E-state index in [-0.39, 0.29) is 23.8 Å². The SMILES string of the molecule is COCCN(CC(=O)Nc1cc(C(C)(C)C)nn1-c1ccc(C)cc1C)C(=O)c1ccc(Br)cc1. The number of methoxy groups -OCH3 is 1. The van der Waals surface area contributed by atoms with E-state index in [2.05, 4.69) is 48.1 Å². The first-order valence-corrected chi connectivity index (χ1v) is 12.3. The molecule has 0 fully saturated rings. The molecule has 3 aromatic rings. The van der Waals surface area contributed by atoms with Crippen LogP contribution in [0.5, 0.6) is 0 Å². The van der Waals surface area contributed by atoms with Crippen LogP contribution < -0.4 is 5.32 Å². The lowest BCUT2D eigenvalue weighted by atomic mass is 9.92. The number of halogens is 1. The predicted octanol–water partition coefficient (Wildman–Crippen LogP) is 5.28. The fraction of sp³-hybridized carbons (Fsp3) is 0.370. The number of anilines is 1. The fourth-order valence-electron chi connectivity index (χ4n) is 3.65. The van der Waals surface area contributed by atoms with Crippen LogP contribution in [0.2, 0.25) is 0 Å². The minimum absolute atomic E-state index is 0.110. The molecule has 35 heavy (non-hydrogen) atoms. The van der Waals surface area contributed by atoms with E-state index in [9.17, 15) is 9.59 Å². The topological polar surface area (TPSA) is 76.5 Å². The Hall–Kier alpha value is -2.97. The van der Waals surface area contributed by atoms with Crippen molar-refractivity contribution in [1.29, 1.82) is 0 Å². The summed E-state index contributed by atoms with van der Waals surface area (Å²) in [7, 11) is 1.57. The maximum atomic E-state index is 13.2. The second kappa shape index (κ2) is 11.2. The minimum atomic E-state index is -0.307. The number of benzene rings is 2. The highest BCUT2D eigenvalue weighted by atomic mass is 79.9. The molecule has 0 aliphatic rings. The van der Waals surface area contributed by atoms with Gasteiger partial charge in [-0.15, -0.1) is 0 Å². The molecule has 0 spiro atoms. The molecule has 0 atom stereocenters. The van der Waals surface area contributed by atoms with Gasteiger partial charge in [0.25, 0.3) is 5.91 Å². The molecular weight excluding hydrogens is 508 g/mol. The van der Waals surface area contributed by atoms with Crippen LogP contribution >= 0.6 is 15.9 Å². The summed E-state index contributed by atoms with van der Waals surface area (Å²) in [4.78, 5) is 27.8. The summed E-state index contributed by atoms with van der Waals surface area (Å²) in [6.45, 7) is 10.8. The number of aryl methyl sites for hydroxylation is 2. The van der Waals surface area contributed by atoms with Crippen molar-refractivity contribution in [3.63, 3.8) is 0 Å². The molecule has 1 N–H and O–H groups in total. The van der Waals surface area contributed by atoms with Gasteiger partial charge < -0.3 is 15.0 Å². The van der Waals surface area contributed by atoms with Crippen molar-refractivity contribution >= 4 is 33.6 Å². The van der Waals surface area contributed by atoms with Crippen molar-refractivity contribution in [3.8, 4) is 5.69 Å². The van der Waals surface area contributed by atoms with Crippen molar-refractivity contribution < 1.29 is 14.3 Å². The average molecular weight is 541 g/mol. The average Bonchev–Trinajstić information content (AvgIpc) is 3.20. The van der Waals surface area contributed by atoms with Gasteiger partial charge in [0.05, 0.1) is 18.0 Å². The number of ether oxygens (including phenoxy) is 1. The van der Waals surface area contributed by atoms with E-state index in [0.717, 1.165) is 27.0 Å². The van der Waals surface area contributed by atoms with Gasteiger partial charge in [-0.1, -0.05) is 54.4 Å². The number of nitrogens with zero attached hydrogens (tertiary/aromatic N) is 3. The lowest BCUT2D eigenvalue weighted by molar-refractivity contribution is -0.117. The Morgan fingerprint density at radius 1 is 1.09 bits per heavy atom. The lowest BCUT2D eigenvalue weighted by Gasteiger charge is -2.22. The summed E-state index contributed by atoms with van der Waals surface area (Å²) in [6.07, 6.45) is 0. The van der Waals surface area contributed by atoms with E-state index in [1.165, 1.54) is 4.90 Å². The zero-order chi connectivity index (χ0) is 25.8. The maximum Gasteiger partial charge on any atom is 0.254 e. The Morgan fingerprint density at radius 3 is 2.37 bits per heavy atom. The van der Waals surface area contributed by atoms with Crippen LogP contribution in [-0.2, 0) is 14.9 Å². The molecule has 1 aromatic heterocycles. The summed E-state index contributed by atoms with van der Waals surface area (Å²) >= 11 is 3.38. The molecule has 0 aliphatic carbocycles. The third kappa shape index (κ3) is 6.80. The van der Waals surface area contributed by atoms with Crippen LogP contribution in [0.25, 0.3) is 5.69 Å². The molecule has 0 saturated heterocycles. The molecule has 1 heterocycles. The molecule has 0 saturated carbocycles. The van der Waals surface area contributed by atoms with Gasteiger partial charge in [0.2, 0.25) is 5.91 Å². The van der Waals surface area contributed by atoms with Crippen LogP contribution in [0.1, 0.15) is 48.0 Å². The number of hydrogen-bond acceptors (Lipinski definition) is 4. The van der Waals surface area contributed by atoms with Crippen LogP contribution in [0, 0.1) is 13.8 Å². The first kappa shape index (κ1) is 26.6. The van der Waals surface area contributed by atoms with Crippen LogP contribution in [0.15, 0.2) is 53.0 Å². The highest BCUT2D eigenvalue weighted by molar-refractivity contribution is 9.10. The standard InChI is InChI=1S/C27H33BrN4O3/c1-18-7-12-22(19(2)15-18)32-24(16-23(30-32)27(3,4)5)29-25(33)17-31(13-14-35-6)26(34)20-8-10-21(28)11-9-20/h7-12,15-16H,13-14,17H2,1-6H3,(H,29,33). The van der Waals surface area contributed by atoms with Gasteiger partial charge in [0.1, 0.15) is 12.4 Å². The highest BCUT2D eigenvalue weighted by Crippen LogP contribution is 2.28. The second-order valence-corrected chi connectivity index (χ2v) is 10.6. The summed E-state index contributed by atoms with van der Waals surface area (Å²) in [6, 6.07) is 15.1. The van der Waals surface area contributed by atoms with Crippen molar-refractivity contribution in [2.75, 3.05) is 32.1 Å². The number of hydrogen-bond donors (Lipinski definition) is 1.